The van der Waals surface area contributed by atoms with E-state index in [2.05, 4.69) is 78.6 Å². The fourth-order valence-electron chi connectivity index (χ4n) is 3.78. The Kier molecular flexibility index (Phi) is 15.6. The van der Waals surface area contributed by atoms with Crippen LogP contribution in [0.15, 0.2) is 0 Å². The Hall–Kier alpha value is 1.17. The molecule has 0 aromatic carbocycles. The molecule has 0 saturated carbocycles. The molecule has 17 heteroatoms. The van der Waals surface area contributed by atoms with Gasteiger partial charge in [0.1, 0.15) is 24.4 Å². The van der Waals surface area contributed by atoms with Crippen LogP contribution in [0.3, 0.4) is 0 Å². The van der Waals surface area contributed by atoms with Gasteiger partial charge in [0.15, 0.2) is 56.2 Å². The van der Waals surface area contributed by atoms with Crippen LogP contribution in [0.5, 0.6) is 0 Å². The van der Waals surface area contributed by atoms with Crippen molar-refractivity contribution in [3.8, 4) is 0 Å². The van der Waals surface area contributed by atoms with E-state index in [9.17, 15) is 14.6 Å². The van der Waals surface area contributed by atoms with Gasteiger partial charge in [-0.15, -0.1) is 0 Å². The maximum Gasteiger partial charge on any atom is 0.248 e. The quantitative estimate of drug-likeness (QED) is 0.170. The molecule has 0 aromatic heterocycles. The summed E-state index contributed by atoms with van der Waals surface area (Å²) in [6.45, 7) is 36.6. The predicted molar refractivity (Wildman–Crippen MR) is 181 cm³/mol. The van der Waals surface area contributed by atoms with Gasteiger partial charge < -0.3 is 40.9 Å². The van der Waals surface area contributed by atoms with Crippen molar-refractivity contribution in [2.45, 2.75) is 149 Å². The number of hydrogen-bond acceptors (Lipinski definition) is 10. The molecule has 5 atom stereocenters. The molecule has 0 amide bonds. The van der Waals surface area contributed by atoms with Crippen LogP contribution in [0.1, 0.15) is 0 Å². The first kappa shape index (κ1) is 42.2. The van der Waals surface area contributed by atoms with Gasteiger partial charge in [-0.05, 0) is 118 Å². The van der Waals surface area contributed by atoms with Crippen molar-refractivity contribution >= 4 is 57.7 Å². The van der Waals surface area contributed by atoms with E-state index in [4.69, 9.17) is 30.9 Å². The maximum atomic E-state index is 11.3. The Bertz CT molecular complexity index is 821. The zero-order valence-corrected chi connectivity index (χ0v) is 36.1. The normalized spacial score (nSPS) is 25.5. The van der Waals surface area contributed by atoms with Crippen LogP contribution in [0.25, 0.3) is 0 Å². The fraction of sp³-hybridized carbons (Fsp3) is 1.00. The molecule has 0 aliphatic carbocycles. The lowest BCUT2D eigenvalue weighted by atomic mass is 9.99. The van der Waals surface area contributed by atoms with Crippen LogP contribution in [0.2, 0.25) is 118 Å². The highest BCUT2D eigenvalue weighted by Crippen LogP contribution is 2.44. The highest BCUT2D eigenvalue weighted by atomic mass is 31.2. The van der Waals surface area contributed by atoms with Gasteiger partial charge >= 0.3 is 0 Å². The van der Waals surface area contributed by atoms with Gasteiger partial charge in [0, 0.05) is 0 Å². The molecule has 1 heterocycles. The van der Waals surface area contributed by atoms with Gasteiger partial charge in [0.25, 0.3) is 0 Å². The van der Waals surface area contributed by atoms with E-state index in [0.717, 1.165) is 0 Å². The molecule has 1 unspecified atom stereocenters. The van der Waals surface area contributed by atoms with E-state index in [-0.39, 0.29) is 24.9 Å². The summed E-state index contributed by atoms with van der Waals surface area (Å²) in [5, 5.41) is 10.1. The molecule has 0 spiro atoms. The lowest BCUT2D eigenvalue weighted by Crippen LogP contribution is -2.67. The first-order chi connectivity index (χ1) is 17.7. The van der Waals surface area contributed by atoms with Gasteiger partial charge in [-0.3, -0.25) is 4.57 Å². The molecule has 0 bridgehead atoms. The van der Waals surface area contributed by atoms with Crippen LogP contribution in [0.4, 0.5) is 0 Å². The standard InChI is InChI=1S/C18H44O6Si4.C6H19O4PSi2/c1-25(2,3)21-15-14(13-19)20-18(24-28(10,11)12)17(23-27(7,8)9)16(15)22-26(4,5)6;1-12(2,3)9-11(7,8)10-13(4,5)6/h14-19H,13H2,1-12H3;1-6H3,(H,7,8)/p-1/t14-,15-,16+,17+,18?;/m1./s1. The maximum absolute atomic E-state index is 11.3. The lowest BCUT2D eigenvalue weighted by molar-refractivity contribution is -0.269. The Labute approximate surface area is 257 Å². The van der Waals surface area contributed by atoms with E-state index < -0.39 is 70.1 Å². The van der Waals surface area contributed by atoms with Crippen molar-refractivity contribution in [3.63, 3.8) is 0 Å². The van der Waals surface area contributed by atoms with Crippen molar-refractivity contribution in [2.24, 2.45) is 0 Å². The zero-order chi connectivity index (χ0) is 33.0. The molecule has 248 valence electrons. The molecule has 1 fully saturated rings. The second-order valence-electron chi connectivity index (χ2n) is 16.4. The van der Waals surface area contributed by atoms with Gasteiger partial charge in [-0.25, -0.2) is 0 Å². The summed E-state index contributed by atoms with van der Waals surface area (Å²) in [6, 6.07) is 0. The minimum Gasteiger partial charge on any atom is -0.757 e. The van der Waals surface area contributed by atoms with Gasteiger partial charge in [-0.2, -0.15) is 0 Å². The smallest absolute Gasteiger partial charge is 0.248 e. The fourth-order valence-corrected chi connectivity index (χ4v) is 13.8. The number of rotatable bonds is 13. The van der Waals surface area contributed by atoms with E-state index in [1.807, 2.05) is 39.3 Å². The molecule has 1 aliphatic heterocycles. The summed E-state index contributed by atoms with van der Waals surface area (Å²) in [4.78, 5) is 11.3. The number of hydrogen-bond donors (Lipinski definition) is 1. The van der Waals surface area contributed by atoms with Crippen LogP contribution in [-0.4, -0.2) is 92.3 Å². The van der Waals surface area contributed by atoms with Crippen molar-refractivity contribution in [2.75, 3.05) is 6.61 Å². The van der Waals surface area contributed by atoms with Crippen LogP contribution < -0.4 is 4.89 Å². The van der Waals surface area contributed by atoms with Gasteiger partial charge in [0.2, 0.25) is 7.82 Å². The summed E-state index contributed by atoms with van der Waals surface area (Å²) in [6.07, 6.45) is -2.10. The average molecular weight is 710 g/mol. The number of aliphatic hydroxyl groups excluding tert-OH is 1. The third kappa shape index (κ3) is 20.8. The zero-order valence-electron chi connectivity index (χ0n) is 29.2. The van der Waals surface area contributed by atoms with Crippen molar-refractivity contribution in [1.29, 1.82) is 0 Å². The Morgan fingerprint density at radius 2 is 0.878 bits per heavy atom. The Morgan fingerprint density at radius 1 is 0.561 bits per heavy atom. The Balaban J connectivity index is 0.00000103. The number of ether oxygens (including phenoxy) is 1. The second kappa shape index (κ2) is 15.2. The predicted octanol–water partition coefficient (Wildman–Crippen LogP) is 6.37. The minimum atomic E-state index is -4.06. The first-order valence-electron chi connectivity index (χ1n) is 14.4. The Morgan fingerprint density at radius 3 is 1.17 bits per heavy atom. The molecule has 1 aliphatic rings. The number of aliphatic hydroxyl groups is 1. The highest BCUT2D eigenvalue weighted by Gasteiger charge is 2.52. The summed E-state index contributed by atoms with van der Waals surface area (Å²) in [5.74, 6) is 0. The van der Waals surface area contributed by atoms with Gasteiger partial charge in [-0.1, -0.05) is 0 Å². The van der Waals surface area contributed by atoms with E-state index in [1.165, 1.54) is 0 Å². The summed E-state index contributed by atoms with van der Waals surface area (Å²) < 4.78 is 53.6. The van der Waals surface area contributed by atoms with E-state index in [0.29, 0.717) is 0 Å². The van der Waals surface area contributed by atoms with Crippen molar-refractivity contribution in [3.05, 3.63) is 0 Å². The topological polar surface area (TPSA) is 125 Å². The van der Waals surface area contributed by atoms with Gasteiger partial charge in [0.05, 0.1) is 6.61 Å². The molecule has 10 nitrogen and oxygen atoms in total. The van der Waals surface area contributed by atoms with Crippen LogP contribution in [-0.2, 0) is 35.4 Å². The molecule has 1 saturated heterocycles. The SMILES string of the molecule is C[Si](C)(C)OC1O[C@H](CO)[C@@H](O[Si](C)(C)C)[C@H](O[Si](C)(C)C)[C@@H]1O[Si](C)(C)C.C[Si](C)(C)OP(=O)([O-])O[Si](C)(C)C. The third-order valence-corrected chi connectivity index (χ3v) is 14.5. The first-order valence-corrected chi connectivity index (χ1v) is 36.3. The molecule has 0 radical (unpaired) electrons. The lowest BCUT2D eigenvalue weighted by Gasteiger charge is -2.51. The molecule has 1 rings (SSSR count). The monoisotopic (exact) mass is 709 g/mol. The van der Waals surface area contributed by atoms with Crippen LogP contribution in [0, 0.1) is 0 Å². The van der Waals surface area contributed by atoms with Crippen molar-refractivity contribution in [1.82, 2.24) is 0 Å². The summed E-state index contributed by atoms with van der Waals surface area (Å²) in [7, 11) is -15.9. The van der Waals surface area contributed by atoms with E-state index >= 15 is 0 Å². The third-order valence-electron chi connectivity index (χ3n) is 4.48. The van der Waals surface area contributed by atoms with E-state index in [1.54, 1.807) is 0 Å². The van der Waals surface area contributed by atoms with Crippen molar-refractivity contribution < 1.29 is 45.4 Å². The summed E-state index contributed by atoms with van der Waals surface area (Å²) >= 11 is 0. The largest absolute Gasteiger partial charge is 0.757 e. The number of phosphoric acid groups is 1. The second-order valence-corrected chi connectivity index (χ2v) is 45.0. The average Bonchev–Trinajstić information content (AvgIpc) is 2.58. The highest BCUT2D eigenvalue weighted by molar-refractivity contribution is 7.49. The molecule has 0 aromatic rings. The summed E-state index contributed by atoms with van der Waals surface area (Å²) in [5.41, 5.74) is 0. The molecule has 1 N–H and O–H groups in total. The molecular weight excluding hydrogens is 648 g/mol. The molecule has 41 heavy (non-hydrogen) atoms. The van der Waals surface area contributed by atoms with Crippen LogP contribution >= 0.6 is 7.82 Å². The minimum absolute atomic E-state index is 0.133. The molecular formula is C24H62O10PSi6-.